The largest absolute Gasteiger partial charge is 0.497 e. The van der Waals surface area contributed by atoms with Crippen LogP contribution in [0.2, 0.25) is 0 Å². The average molecular weight is 509 g/mol. The average Bonchev–Trinajstić information content (AvgIpc) is 3.54. The molecule has 0 bridgehead atoms. The Bertz CT molecular complexity index is 1820. The molecule has 2 aromatic carbocycles. The van der Waals surface area contributed by atoms with Crippen molar-refractivity contribution < 1.29 is 18.9 Å². The van der Waals surface area contributed by atoms with E-state index in [0.29, 0.717) is 0 Å². The number of nitrogens with one attached hydrogen (secondary N) is 1. The van der Waals surface area contributed by atoms with E-state index in [2.05, 4.69) is 27.9 Å². The Morgan fingerprint density at radius 2 is 1.66 bits per heavy atom. The van der Waals surface area contributed by atoms with Gasteiger partial charge in [0.1, 0.15) is 23.0 Å². The van der Waals surface area contributed by atoms with E-state index < -0.39 is 0 Å². The van der Waals surface area contributed by atoms with E-state index in [1.165, 1.54) is 5.69 Å². The minimum atomic E-state index is 0.00904. The number of H-pyrrole nitrogens is 1. The molecule has 8 nitrogen and oxygen atoms in total. The molecule has 1 N–H and O–H groups in total. The molecular formula is C30H28N4O4. The summed E-state index contributed by atoms with van der Waals surface area (Å²) in [6.45, 7) is 0. The van der Waals surface area contributed by atoms with Gasteiger partial charge in [0.05, 0.1) is 79.6 Å². The summed E-state index contributed by atoms with van der Waals surface area (Å²) < 4.78 is 24.9. The molecule has 7 rings (SSSR count). The number of pyridine rings is 2. The minimum Gasteiger partial charge on any atom is -0.497 e. The van der Waals surface area contributed by atoms with E-state index in [9.17, 15) is 0 Å². The summed E-state index contributed by atoms with van der Waals surface area (Å²) >= 11 is 0. The molecule has 0 radical (unpaired) electrons. The van der Waals surface area contributed by atoms with Gasteiger partial charge < -0.3 is 28.5 Å². The van der Waals surface area contributed by atoms with Gasteiger partial charge in [-0.3, -0.25) is 4.98 Å². The van der Waals surface area contributed by atoms with Crippen LogP contribution in [0, 0.1) is 0 Å². The van der Waals surface area contributed by atoms with Crippen molar-refractivity contribution >= 4 is 32.7 Å². The Labute approximate surface area is 219 Å². The smallest absolute Gasteiger partial charge is 0.147 e. The number of benzene rings is 2. The first-order valence-corrected chi connectivity index (χ1v) is 12.7. The number of nitrogens with zero attached hydrogens (tertiary/aromatic N) is 3. The van der Waals surface area contributed by atoms with Crippen molar-refractivity contribution in [3.05, 3.63) is 60.2 Å². The molecule has 0 spiro atoms. The van der Waals surface area contributed by atoms with Gasteiger partial charge in [-0.05, 0) is 43.5 Å². The minimum absolute atomic E-state index is 0.00904. The molecule has 0 saturated heterocycles. The van der Waals surface area contributed by atoms with E-state index in [1.807, 2.05) is 30.5 Å². The van der Waals surface area contributed by atoms with Crippen molar-refractivity contribution in [2.45, 2.75) is 25.3 Å². The second kappa shape index (κ2) is 8.55. The van der Waals surface area contributed by atoms with Crippen molar-refractivity contribution in [3.8, 4) is 34.3 Å². The lowest BCUT2D eigenvalue weighted by Crippen LogP contribution is -2.23. The molecule has 192 valence electrons. The van der Waals surface area contributed by atoms with Gasteiger partial charge >= 0.3 is 0 Å². The number of fused-ring (bicyclic) bond motifs is 8. The lowest BCUT2D eigenvalue weighted by Gasteiger charge is -2.31. The highest BCUT2D eigenvalue weighted by molar-refractivity contribution is 6.11. The molecule has 4 aromatic rings. The van der Waals surface area contributed by atoms with Crippen LogP contribution in [0.1, 0.15) is 30.3 Å². The number of methoxy groups -OCH3 is 4. The summed E-state index contributed by atoms with van der Waals surface area (Å²) in [5.74, 6) is 3.13. The van der Waals surface area contributed by atoms with Gasteiger partial charge in [-0.2, -0.15) is 0 Å². The fourth-order valence-corrected chi connectivity index (χ4v) is 6.06. The SMILES string of the molecule is COc1ccc2c3c(OC)cn4c(c-3nc2c1)CCC[C@@H]4c1ncc(OC)c2c1[nH]c1cc(OC)ccc12. The molecule has 0 saturated carbocycles. The number of rotatable bonds is 5. The summed E-state index contributed by atoms with van der Waals surface area (Å²) in [7, 11) is 6.76. The van der Waals surface area contributed by atoms with Crippen molar-refractivity contribution in [1.29, 1.82) is 0 Å². The Kier molecular flexibility index (Phi) is 5.11. The second-order valence-corrected chi connectivity index (χ2v) is 9.68. The van der Waals surface area contributed by atoms with Gasteiger partial charge in [0.25, 0.3) is 0 Å². The zero-order valence-corrected chi connectivity index (χ0v) is 21.8. The van der Waals surface area contributed by atoms with Gasteiger partial charge in [-0.1, -0.05) is 0 Å². The standard InChI is InChI=1S/C30H28N4O4/c1-35-16-9-11-19-20(12-16)32-28-22-6-5-7-23(34(22)15-25(38-4)27(19)28)29-30-26(24(37-3)14-31-29)18-10-8-17(36-2)13-21(18)33-30/h8-15,23,33H,5-7H2,1-4H3/t23-/m1/s1. The predicted molar refractivity (Wildman–Crippen MR) is 147 cm³/mol. The van der Waals surface area contributed by atoms with Crippen molar-refractivity contribution in [1.82, 2.24) is 19.5 Å². The highest BCUT2D eigenvalue weighted by Gasteiger charge is 2.31. The fraction of sp³-hybridized carbons (Fsp3) is 0.267. The summed E-state index contributed by atoms with van der Waals surface area (Å²) in [5, 5.41) is 3.17. The number of aromatic nitrogens is 4. The first-order chi connectivity index (χ1) is 18.6. The molecular weight excluding hydrogens is 480 g/mol. The van der Waals surface area contributed by atoms with Crippen LogP contribution in [0.4, 0.5) is 0 Å². The summed E-state index contributed by atoms with van der Waals surface area (Å²) in [4.78, 5) is 13.7. The molecule has 38 heavy (non-hydrogen) atoms. The Morgan fingerprint density at radius 3 is 2.42 bits per heavy atom. The lowest BCUT2D eigenvalue weighted by molar-refractivity contribution is 0.392. The van der Waals surface area contributed by atoms with E-state index in [4.69, 9.17) is 28.9 Å². The fourth-order valence-electron chi connectivity index (χ4n) is 6.06. The van der Waals surface area contributed by atoms with Gasteiger partial charge in [0, 0.05) is 34.8 Å². The van der Waals surface area contributed by atoms with Crippen molar-refractivity contribution in [2.24, 2.45) is 0 Å². The Balaban J connectivity index is 1.49. The van der Waals surface area contributed by atoms with Crippen LogP contribution < -0.4 is 18.9 Å². The number of hydrogen-bond donors (Lipinski definition) is 1. The summed E-state index contributed by atoms with van der Waals surface area (Å²) in [6.07, 6.45) is 6.87. The molecule has 0 fully saturated rings. The predicted octanol–water partition coefficient (Wildman–Crippen LogP) is 6.13. The molecule has 1 atom stereocenters. The lowest BCUT2D eigenvalue weighted by atomic mass is 9.93. The number of aromatic amines is 1. The quantitative estimate of drug-likeness (QED) is 0.302. The van der Waals surface area contributed by atoms with Crippen LogP contribution in [0.25, 0.3) is 44.0 Å². The van der Waals surface area contributed by atoms with E-state index >= 15 is 0 Å². The van der Waals surface area contributed by atoms with Crippen molar-refractivity contribution in [2.75, 3.05) is 28.4 Å². The van der Waals surface area contributed by atoms with Gasteiger partial charge in [0.15, 0.2) is 0 Å². The molecule has 8 heteroatoms. The van der Waals surface area contributed by atoms with Crippen LogP contribution in [0.3, 0.4) is 0 Å². The molecule has 5 heterocycles. The monoisotopic (exact) mass is 508 g/mol. The molecule has 2 aromatic heterocycles. The highest BCUT2D eigenvalue weighted by atomic mass is 16.5. The van der Waals surface area contributed by atoms with Crippen LogP contribution in [-0.4, -0.2) is 48.0 Å². The maximum Gasteiger partial charge on any atom is 0.147 e. The van der Waals surface area contributed by atoms with Crippen LogP contribution in [0.5, 0.6) is 23.0 Å². The Hall–Kier alpha value is -4.46. The van der Waals surface area contributed by atoms with Crippen LogP contribution in [0.15, 0.2) is 48.8 Å². The maximum atomic E-state index is 5.94. The third-order valence-electron chi connectivity index (χ3n) is 7.84. The first kappa shape index (κ1) is 22.7. The second-order valence-electron chi connectivity index (χ2n) is 9.68. The molecule has 0 aliphatic carbocycles. The van der Waals surface area contributed by atoms with E-state index in [0.717, 1.165) is 91.9 Å². The third kappa shape index (κ3) is 3.16. The van der Waals surface area contributed by atoms with E-state index in [-0.39, 0.29) is 6.04 Å². The normalized spacial score (nSPS) is 15.3. The highest BCUT2D eigenvalue weighted by Crippen LogP contribution is 2.46. The van der Waals surface area contributed by atoms with Crippen molar-refractivity contribution in [3.63, 3.8) is 0 Å². The van der Waals surface area contributed by atoms with Crippen LogP contribution >= 0.6 is 0 Å². The zero-order valence-electron chi connectivity index (χ0n) is 21.8. The van der Waals surface area contributed by atoms with Gasteiger partial charge in [-0.15, -0.1) is 0 Å². The Morgan fingerprint density at radius 1 is 0.895 bits per heavy atom. The summed E-state index contributed by atoms with van der Waals surface area (Å²) in [5.41, 5.74) is 7.05. The van der Waals surface area contributed by atoms with Crippen LogP contribution in [-0.2, 0) is 6.42 Å². The van der Waals surface area contributed by atoms with E-state index in [1.54, 1.807) is 28.4 Å². The number of ether oxygens (including phenoxy) is 4. The first-order valence-electron chi connectivity index (χ1n) is 12.7. The zero-order chi connectivity index (χ0) is 26.0. The molecule has 3 aliphatic heterocycles. The molecule has 0 unspecified atom stereocenters. The third-order valence-corrected chi connectivity index (χ3v) is 7.84. The topological polar surface area (TPSA) is 83.4 Å². The molecule has 3 aliphatic rings. The van der Waals surface area contributed by atoms with Gasteiger partial charge in [-0.25, -0.2) is 4.98 Å². The number of hydrogen-bond acceptors (Lipinski definition) is 6. The van der Waals surface area contributed by atoms with Gasteiger partial charge in [0.2, 0.25) is 0 Å². The summed E-state index contributed by atoms with van der Waals surface area (Å²) in [6, 6.07) is 12.1. The maximum absolute atomic E-state index is 5.94. The molecule has 0 amide bonds.